The third-order valence-electron chi connectivity index (χ3n) is 5.16. The fourth-order valence-electron chi connectivity index (χ4n) is 3.61. The molecule has 1 aliphatic heterocycles. The first-order valence-electron chi connectivity index (χ1n) is 8.40. The van der Waals surface area contributed by atoms with Crippen LogP contribution in [0.25, 0.3) is 0 Å². The fourth-order valence-corrected chi connectivity index (χ4v) is 3.61. The molecule has 1 aromatic heterocycles. The summed E-state index contributed by atoms with van der Waals surface area (Å²) in [4.78, 5) is 2.57. The van der Waals surface area contributed by atoms with Gasteiger partial charge in [-0.1, -0.05) is 12.8 Å². The number of hydrogen-bond acceptors (Lipinski definition) is 3. The Morgan fingerprint density at radius 2 is 1.95 bits per heavy atom. The monoisotopic (exact) mass is 290 g/mol. The molecule has 0 amide bonds. The van der Waals surface area contributed by atoms with E-state index in [1.165, 1.54) is 31.4 Å². The van der Waals surface area contributed by atoms with Gasteiger partial charge in [0.2, 0.25) is 0 Å². The summed E-state index contributed by atoms with van der Waals surface area (Å²) in [5.74, 6) is 0. The van der Waals surface area contributed by atoms with E-state index >= 15 is 0 Å². The molecule has 3 rings (SSSR count). The summed E-state index contributed by atoms with van der Waals surface area (Å²) in [6, 6.07) is 2.86. The van der Waals surface area contributed by atoms with Gasteiger partial charge in [-0.25, -0.2) is 0 Å². The zero-order chi connectivity index (χ0) is 15.1. The number of piperazine rings is 1. The summed E-state index contributed by atoms with van der Waals surface area (Å²) in [5.41, 5.74) is 1.59. The molecule has 0 radical (unpaired) electrons. The molecule has 0 spiro atoms. The van der Waals surface area contributed by atoms with Gasteiger partial charge in [-0.15, -0.1) is 0 Å². The molecule has 4 heteroatoms. The molecule has 2 fully saturated rings. The fraction of sp³-hybridized carbons (Fsp3) is 0.824. The van der Waals surface area contributed by atoms with E-state index in [9.17, 15) is 0 Å². The first-order valence-corrected chi connectivity index (χ1v) is 8.40. The minimum Gasteiger partial charge on any atom is -0.309 e. The van der Waals surface area contributed by atoms with Crippen molar-refractivity contribution in [3.63, 3.8) is 0 Å². The van der Waals surface area contributed by atoms with Crippen LogP contribution >= 0.6 is 0 Å². The number of nitrogens with zero attached hydrogens (tertiary/aromatic N) is 3. The van der Waals surface area contributed by atoms with Crippen molar-refractivity contribution >= 4 is 0 Å². The molecule has 2 aliphatic rings. The Morgan fingerprint density at radius 3 is 2.67 bits per heavy atom. The number of nitrogens with one attached hydrogen (secondary N) is 1. The molecule has 1 aliphatic carbocycles. The highest BCUT2D eigenvalue weighted by molar-refractivity contribution is 5.05. The van der Waals surface area contributed by atoms with E-state index in [2.05, 4.69) is 54.9 Å². The van der Waals surface area contributed by atoms with Crippen LogP contribution in [0, 0.1) is 0 Å². The van der Waals surface area contributed by atoms with Crippen molar-refractivity contribution in [1.29, 1.82) is 0 Å². The van der Waals surface area contributed by atoms with E-state index < -0.39 is 0 Å². The highest BCUT2D eigenvalue weighted by Gasteiger charge is 2.37. The Bertz CT molecular complexity index is 483. The average Bonchev–Trinajstić information content (AvgIpc) is 3.04. The molecule has 0 aromatic carbocycles. The van der Waals surface area contributed by atoms with Gasteiger partial charge in [0.15, 0.2) is 0 Å². The molecule has 1 N–H and O–H groups in total. The Kier molecular flexibility index (Phi) is 3.87. The summed E-state index contributed by atoms with van der Waals surface area (Å²) in [5, 5.41) is 8.50. The molecule has 21 heavy (non-hydrogen) atoms. The minimum atomic E-state index is 0.184. The Morgan fingerprint density at radius 1 is 1.24 bits per heavy atom. The summed E-state index contributed by atoms with van der Waals surface area (Å²) in [6.45, 7) is 12.3. The third-order valence-corrected chi connectivity index (χ3v) is 5.16. The highest BCUT2D eigenvalue weighted by atomic mass is 15.3. The van der Waals surface area contributed by atoms with Crippen molar-refractivity contribution in [2.45, 2.75) is 77.0 Å². The second kappa shape index (κ2) is 5.40. The second-order valence-electron chi connectivity index (χ2n) is 8.13. The Labute approximate surface area is 128 Å². The van der Waals surface area contributed by atoms with E-state index in [0.29, 0.717) is 6.04 Å². The normalized spacial score (nSPS) is 26.3. The van der Waals surface area contributed by atoms with Crippen molar-refractivity contribution in [2.24, 2.45) is 0 Å². The summed E-state index contributed by atoms with van der Waals surface area (Å²) >= 11 is 0. The number of aromatic nitrogens is 2. The van der Waals surface area contributed by atoms with Gasteiger partial charge in [-0.05, 0) is 46.6 Å². The summed E-state index contributed by atoms with van der Waals surface area (Å²) < 4.78 is 2.21. The predicted molar refractivity (Wildman–Crippen MR) is 86.3 cm³/mol. The van der Waals surface area contributed by atoms with Gasteiger partial charge in [0.05, 0.1) is 11.7 Å². The lowest BCUT2D eigenvalue weighted by molar-refractivity contribution is 0.0312. The minimum absolute atomic E-state index is 0.184. The molecule has 0 atom stereocenters. The number of hydrogen-bond donors (Lipinski definition) is 1. The molecule has 1 saturated carbocycles. The number of rotatable bonds is 3. The Balaban J connectivity index is 1.69. The van der Waals surface area contributed by atoms with Gasteiger partial charge < -0.3 is 5.32 Å². The maximum absolute atomic E-state index is 4.85. The van der Waals surface area contributed by atoms with Crippen LogP contribution in [0.4, 0.5) is 0 Å². The van der Waals surface area contributed by atoms with E-state index in [0.717, 1.165) is 19.6 Å². The van der Waals surface area contributed by atoms with Crippen molar-refractivity contribution in [3.8, 4) is 0 Å². The van der Waals surface area contributed by atoms with E-state index in [4.69, 9.17) is 5.10 Å². The highest BCUT2D eigenvalue weighted by Crippen LogP contribution is 2.29. The SMILES string of the molecule is CC1(C)CN(Cc2ccn(C3CCCC3)n2)C(C)(C)CN1. The summed E-state index contributed by atoms with van der Waals surface area (Å²) in [6.07, 6.45) is 7.50. The first-order chi connectivity index (χ1) is 9.86. The predicted octanol–water partition coefficient (Wildman–Crippen LogP) is 2.96. The van der Waals surface area contributed by atoms with Crippen LogP contribution in [0.15, 0.2) is 12.3 Å². The maximum atomic E-state index is 4.85. The topological polar surface area (TPSA) is 33.1 Å². The van der Waals surface area contributed by atoms with E-state index in [1.54, 1.807) is 0 Å². The van der Waals surface area contributed by atoms with Gasteiger partial charge >= 0.3 is 0 Å². The van der Waals surface area contributed by atoms with E-state index in [1.807, 2.05) is 0 Å². The van der Waals surface area contributed by atoms with Crippen molar-refractivity contribution in [1.82, 2.24) is 20.0 Å². The van der Waals surface area contributed by atoms with Crippen LogP contribution in [0.2, 0.25) is 0 Å². The van der Waals surface area contributed by atoms with Crippen LogP contribution in [-0.2, 0) is 6.54 Å². The maximum Gasteiger partial charge on any atom is 0.0765 e. The molecule has 2 heterocycles. The lowest BCUT2D eigenvalue weighted by Gasteiger charge is -2.49. The van der Waals surface area contributed by atoms with Crippen molar-refractivity contribution < 1.29 is 0 Å². The van der Waals surface area contributed by atoms with Crippen molar-refractivity contribution in [3.05, 3.63) is 18.0 Å². The molecular formula is C17H30N4. The second-order valence-corrected chi connectivity index (χ2v) is 8.13. The molecule has 4 nitrogen and oxygen atoms in total. The standard InChI is InChI=1S/C17H30N4/c1-16(2)13-20(17(3,4)12-18-16)11-14-9-10-21(19-14)15-7-5-6-8-15/h9-10,15,18H,5-8,11-13H2,1-4H3. The Hall–Kier alpha value is -0.870. The zero-order valence-electron chi connectivity index (χ0n) is 14.0. The smallest absolute Gasteiger partial charge is 0.0765 e. The van der Waals surface area contributed by atoms with Crippen LogP contribution < -0.4 is 5.32 Å². The van der Waals surface area contributed by atoms with Gasteiger partial charge in [0.1, 0.15) is 0 Å². The van der Waals surface area contributed by atoms with Gasteiger partial charge in [-0.2, -0.15) is 5.10 Å². The molecule has 118 valence electrons. The van der Waals surface area contributed by atoms with Crippen LogP contribution in [0.5, 0.6) is 0 Å². The van der Waals surface area contributed by atoms with Crippen molar-refractivity contribution in [2.75, 3.05) is 13.1 Å². The molecule has 0 bridgehead atoms. The van der Waals surface area contributed by atoms with Gasteiger partial charge in [0.25, 0.3) is 0 Å². The van der Waals surface area contributed by atoms with Gasteiger partial charge in [0, 0.05) is 36.9 Å². The lowest BCUT2D eigenvalue weighted by atomic mass is 9.91. The molecule has 1 saturated heterocycles. The van der Waals surface area contributed by atoms with Crippen LogP contribution in [0.1, 0.15) is 65.1 Å². The molecule has 0 unspecified atom stereocenters. The average molecular weight is 290 g/mol. The first kappa shape index (κ1) is 15.0. The van der Waals surface area contributed by atoms with Gasteiger partial charge in [-0.3, -0.25) is 9.58 Å². The van der Waals surface area contributed by atoms with Crippen LogP contribution in [0.3, 0.4) is 0 Å². The third kappa shape index (κ3) is 3.32. The zero-order valence-corrected chi connectivity index (χ0v) is 14.0. The molecular weight excluding hydrogens is 260 g/mol. The van der Waals surface area contributed by atoms with E-state index in [-0.39, 0.29) is 11.1 Å². The summed E-state index contributed by atoms with van der Waals surface area (Å²) in [7, 11) is 0. The lowest BCUT2D eigenvalue weighted by Crippen LogP contribution is -2.65. The quantitative estimate of drug-likeness (QED) is 0.929. The largest absolute Gasteiger partial charge is 0.309 e. The van der Waals surface area contributed by atoms with Crippen LogP contribution in [-0.4, -0.2) is 38.8 Å². The molecule has 1 aromatic rings.